The number of hydrogen-bond acceptors (Lipinski definition) is 2. The maximum absolute atomic E-state index is 12.1. The summed E-state index contributed by atoms with van der Waals surface area (Å²) in [5.41, 5.74) is 6.64. The van der Waals surface area contributed by atoms with E-state index in [1.807, 2.05) is 0 Å². The van der Waals surface area contributed by atoms with Gasteiger partial charge in [0.1, 0.15) is 0 Å². The van der Waals surface area contributed by atoms with Gasteiger partial charge in [-0.2, -0.15) is 0 Å². The van der Waals surface area contributed by atoms with Crippen LogP contribution in [0, 0.1) is 17.8 Å². The van der Waals surface area contributed by atoms with Crippen LogP contribution in [0.2, 0.25) is 10.0 Å². The van der Waals surface area contributed by atoms with Crippen molar-refractivity contribution in [3.8, 4) is 0 Å². The van der Waals surface area contributed by atoms with E-state index in [9.17, 15) is 4.79 Å². The fraction of sp³-hybridized carbons (Fsp3) is 0.533. The molecule has 5 heteroatoms. The van der Waals surface area contributed by atoms with Crippen LogP contribution in [0.15, 0.2) is 12.1 Å². The lowest BCUT2D eigenvalue weighted by Gasteiger charge is -2.21. The van der Waals surface area contributed by atoms with E-state index in [1.54, 1.807) is 12.1 Å². The van der Waals surface area contributed by atoms with Gasteiger partial charge in [-0.05, 0) is 49.1 Å². The lowest BCUT2D eigenvalue weighted by molar-refractivity contribution is -0.117. The summed E-state index contributed by atoms with van der Waals surface area (Å²) in [4.78, 5) is 12.1. The van der Waals surface area contributed by atoms with E-state index in [0.29, 0.717) is 33.8 Å². The van der Waals surface area contributed by atoms with Crippen LogP contribution >= 0.6 is 23.2 Å². The summed E-state index contributed by atoms with van der Waals surface area (Å²) in [6.45, 7) is 0. The standard InChI is InChI=1S/C15H18Cl2N2O/c16-12-6-11(7-13(17)15(12)18)19-14(20)5-10-4-8-1-2-9(10)3-8/h6-10H,1-5,18H2,(H,19,20). The number of benzene rings is 1. The highest BCUT2D eigenvalue weighted by Gasteiger charge is 2.40. The molecule has 3 N–H and O–H groups in total. The number of carbonyl (C=O) groups is 1. The molecule has 1 aromatic carbocycles. The highest BCUT2D eigenvalue weighted by atomic mass is 35.5. The third kappa shape index (κ3) is 2.75. The predicted octanol–water partition coefficient (Wildman–Crippen LogP) is 4.34. The van der Waals surface area contributed by atoms with Gasteiger partial charge >= 0.3 is 0 Å². The number of fused-ring (bicyclic) bond motifs is 2. The van der Waals surface area contributed by atoms with Crippen molar-refractivity contribution in [2.24, 2.45) is 17.8 Å². The van der Waals surface area contributed by atoms with E-state index in [0.717, 1.165) is 11.8 Å². The molecule has 0 aliphatic heterocycles. The fourth-order valence-electron chi connectivity index (χ4n) is 3.73. The topological polar surface area (TPSA) is 55.1 Å². The molecule has 0 spiro atoms. The molecule has 2 saturated carbocycles. The maximum atomic E-state index is 12.1. The summed E-state index contributed by atoms with van der Waals surface area (Å²) in [7, 11) is 0. The molecule has 3 rings (SSSR count). The second kappa shape index (κ2) is 5.45. The quantitative estimate of drug-likeness (QED) is 0.816. The third-order valence-corrected chi connectivity index (χ3v) is 5.32. The first-order chi connectivity index (χ1) is 9.52. The molecule has 2 fully saturated rings. The zero-order valence-corrected chi connectivity index (χ0v) is 12.7. The van der Waals surface area contributed by atoms with E-state index in [-0.39, 0.29) is 5.91 Å². The number of hydrogen-bond donors (Lipinski definition) is 2. The summed E-state index contributed by atoms with van der Waals surface area (Å²) >= 11 is 11.9. The predicted molar refractivity (Wildman–Crippen MR) is 83.1 cm³/mol. The van der Waals surface area contributed by atoms with Gasteiger partial charge in [0.15, 0.2) is 0 Å². The average Bonchev–Trinajstić information content (AvgIpc) is 2.97. The highest BCUT2D eigenvalue weighted by molar-refractivity contribution is 6.39. The third-order valence-electron chi connectivity index (χ3n) is 4.69. The van der Waals surface area contributed by atoms with Gasteiger partial charge in [-0.25, -0.2) is 0 Å². The average molecular weight is 313 g/mol. The van der Waals surface area contributed by atoms with Crippen LogP contribution in [0.5, 0.6) is 0 Å². The van der Waals surface area contributed by atoms with Gasteiger partial charge in [-0.1, -0.05) is 29.6 Å². The Balaban J connectivity index is 1.62. The van der Waals surface area contributed by atoms with Gasteiger partial charge in [0.05, 0.1) is 15.7 Å². The van der Waals surface area contributed by atoms with Crippen molar-refractivity contribution in [2.45, 2.75) is 32.1 Å². The summed E-state index contributed by atoms with van der Waals surface area (Å²) in [6.07, 6.45) is 5.77. The Kier molecular flexibility index (Phi) is 3.83. The Morgan fingerprint density at radius 2 is 1.95 bits per heavy atom. The number of amides is 1. The van der Waals surface area contributed by atoms with Crippen molar-refractivity contribution in [2.75, 3.05) is 11.1 Å². The number of rotatable bonds is 3. The van der Waals surface area contributed by atoms with Crippen LogP contribution in [-0.2, 0) is 4.79 Å². The number of nitrogens with one attached hydrogen (secondary N) is 1. The monoisotopic (exact) mass is 312 g/mol. The molecular weight excluding hydrogens is 295 g/mol. The molecule has 0 heterocycles. The van der Waals surface area contributed by atoms with E-state index in [1.165, 1.54) is 25.7 Å². The Labute approximate surface area is 128 Å². The largest absolute Gasteiger partial charge is 0.396 e. The highest BCUT2D eigenvalue weighted by Crippen LogP contribution is 2.49. The molecule has 20 heavy (non-hydrogen) atoms. The van der Waals surface area contributed by atoms with Gasteiger partial charge in [-0.15, -0.1) is 0 Å². The normalized spacial score (nSPS) is 27.8. The van der Waals surface area contributed by atoms with E-state index in [2.05, 4.69) is 5.32 Å². The molecule has 0 saturated heterocycles. The molecule has 0 radical (unpaired) electrons. The summed E-state index contributed by atoms with van der Waals surface area (Å²) in [6, 6.07) is 3.28. The van der Waals surface area contributed by atoms with Crippen LogP contribution in [0.3, 0.4) is 0 Å². The minimum absolute atomic E-state index is 0.0412. The van der Waals surface area contributed by atoms with Gasteiger partial charge in [-0.3, -0.25) is 4.79 Å². The van der Waals surface area contributed by atoms with Crippen molar-refractivity contribution < 1.29 is 4.79 Å². The molecule has 2 bridgehead atoms. The van der Waals surface area contributed by atoms with Gasteiger partial charge in [0.2, 0.25) is 5.91 Å². The SMILES string of the molecule is Nc1c(Cl)cc(NC(=O)CC2CC3CCC2C3)cc1Cl. The number of nitrogen functional groups attached to an aromatic ring is 1. The van der Waals surface area contributed by atoms with E-state index in [4.69, 9.17) is 28.9 Å². The Bertz CT molecular complexity index is 524. The summed E-state index contributed by atoms with van der Waals surface area (Å²) < 4.78 is 0. The van der Waals surface area contributed by atoms with Crippen LogP contribution in [0.4, 0.5) is 11.4 Å². The molecule has 3 unspecified atom stereocenters. The first-order valence-electron chi connectivity index (χ1n) is 7.07. The Morgan fingerprint density at radius 3 is 2.50 bits per heavy atom. The molecular formula is C15H18Cl2N2O. The fourth-order valence-corrected chi connectivity index (χ4v) is 4.22. The number of nitrogens with two attached hydrogens (primary N) is 1. The van der Waals surface area contributed by atoms with Crippen molar-refractivity contribution in [3.05, 3.63) is 22.2 Å². The van der Waals surface area contributed by atoms with Crippen LogP contribution < -0.4 is 11.1 Å². The Hall–Kier alpha value is -0.930. The van der Waals surface area contributed by atoms with Crippen LogP contribution in [0.1, 0.15) is 32.1 Å². The minimum atomic E-state index is 0.0412. The number of carbonyl (C=O) groups excluding carboxylic acids is 1. The van der Waals surface area contributed by atoms with E-state index >= 15 is 0 Å². The lowest BCUT2D eigenvalue weighted by atomic mass is 9.86. The van der Waals surface area contributed by atoms with E-state index < -0.39 is 0 Å². The summed E-state index contributed by atoms with van der Waals surface area (Å²) in [5, 5.41) is 3.61. The summed E-state index contributed by atoms with van der Waals surface area (Å²) in [5.74, 6) is 2.20. The molecule has 1 amide bonds. The molecule has 2 aliphatic rings. The van der Waals surface area contributed by atoms with Gasteiger partial charge in [0.25, 0.3) is 0 Å². The first kappa shape index (κ1) is 14.0. The van der Waals surface area contributed by atoms with Crippen LogP contribution in [-0.4, -0.2) is 5.91 Å². The first-order valence-corrected chi connectivity index (χ1v) is 7.83. The van der Waals surface area contributed by atoms with Crippen molar-refractivity contribution >= 4 is 40.5 Å². The maximum Gasteiger partial charge on any atom is 0.224 e. The zero-order chi connectivity index (χ0) is 14.3. The number of halogens is 2. The van der Waals surface area contributed by atoms with Crippen molar-refractivity contribution in [1.82, 2.24) is 0 Å². The van der Waals surface area contributed by atoms with Gasteiger partial charge in [0, 0.05) is 12.1 Å². The molecule has 108 valence electrons. The van der Waals surface area contributed by atoms with Crippen molar-refractivity contribution in [1.29, 1.82) is 0 Å². The molecule has 2 aliphatic carbocycles. The minimum Gasteiger partial charge on any atom is -0.396 e. The zero-order valence-electron chi connectivity index (χ0n) is 11.2. The smallest absolute Gasteiger partial charge is 0.224 e. The van der Waals surface area contributed by atoms with Crippen LogP contribution in [0.25, 0.3) is 0 Å². The van der Waals surface area contributed by atoms with Gasteiger partial charge < -0.3 is 11.1 Å². The molecule has 1 aromatic rings. The second-order valence-corrected chi connectivity index (χ2v) is 6.86. The second-order valence-electron chi connectivity index (χ2n) is 6.04. The molecule has 3 atom stereocenters. The molecule has 0 aromatic heterocycles. The number of anilines is 2. The Morgan fingerprint density at radius 1 is 1.25 bits per heavy atom. The lowest BCUT2D eigenvalue weighted by Crippen LogP contribution is -2.20. The van der Waals surface area contributed by atoms with Crippen molar-refractivity contribution in [3.63, 3.8) is 0 Å². The molecule has 3 nitrogen and oxygen atoms in total.